The highest BCUT2D eigenvalue weighted by molar-refractivity contribution is 5.97. The van der Waals surface area contributed by atoms with Crippen molar-refractivity contribution < 1.29 is 4.79 Å². The molecule has 1 aliphatic carbocycles. The molecule has 0 bridgehead atoms. The number of nitrogens with zero attached hydrogens (tertiary/aromatic N) is 1. The molecule has 20 heavy (non-hydrogen) atoms. The maximum atomic E-state index is 12.4. The number of nitrogens with two attached hydrogens (primary N) is 1. The highest BCUT2D eigenvalue weighted by Crippen LogP contribution is 2.30. The van der Waals surface area contributed by atoms with Crippen LogP contribution in [0, 0.1) is 5.92 Å². The molecule has 0 radical (unpaired) electrons. The van der Waals surface area contributed by atoms with Crippen LogP contribution in [0.2, 0.25) is 0 Å². The van der Waals surface area contributed by atoms with Crippen molar-refractivity contribution in [1.29, 1.82) is 0 Å². The first kappa shape index (κ1) is 14.9. The van der Waals surface area contributed by atoms with Gasteiger partial charge in [-0.05, 0) is 50.8 Å². The molecular weight excluding hydrogens is 250 g/mol. The lowest BCUT2D eigenvalue weighted by molar-refractivity contribution is -0.120. The van der Waals surface area contributed by atoms with Gasteiger partial charge in [-0.15, -0.1) is 0 Å². The summed E-state index contributed by atoms with van der Waals surface area (Å²) in [7, 11) is 0. The summed E-state index contributed by atoms with van der Waals surface area (Å²) in [5, 5.41) is 2.94. The van der Waals surface area contributed by atoms with Crippen molar-refractivity contribution in [2.24, 2.45) is 5.92 Å². The average molecular weight is 275 g/mol. The van der Waals surface area contributed by atoms with Crippen LogP contribution in [-0.2, 0) is 4.79 Å². The molecule has 4 heteroatoms. The first-order valence-corrected chi connectivity index (χ1v) is 7.51. The zero-order valence-corrected chi connectivity index (χ0v) is 12.4. The van der Waals surface area contributed by atoms with Gasteiger partial charge in [-0.1, -0.05) is 19.1 Å². The van der Waals surface area contributed by atoms with Crippen LogP contribution in [0.1, 0.15) is 33.1 Å². The largest absolute Gasteiger partial charge is 0.397 e. The Morgan fingerprint density at radius 1 is 1.45 bits per heavy atom. The number of anilines is 2. The molecule has 0 spiro atoms. The van der Waals surface area contributed by atoms with Crippen LogP contribution in [0.25, 0.3) is 0 Å². The van der Waals surface area contributed by atoms with Crippen molar-refractivity contribution in [3.63, 3.8) is 0 Å². The third-order valence-electron chi connectivity index (χ3n) is 3.85. The number of carbonyl (C=O) groups is 1. The van der Waals surface area contributed by atoms with Gasteiger partial charge in [0.05, 0.1) is 17.4 Å². The number of carbonyl (C=O) groups excluding carboxylic acids is 1. The van der Waals surface area contributed by atoms with Gasteiger partial charge >= 0.3 is 0 Å². The standard InChI is InChI=1S/C16H25N3O/c1-3-10-19(11-13-8-9-13)12(2)16(20)18-15-7-5-4-6-14(15)17/h4-7,12-13H,3,8-11,17H2,1-2H3,(H,18,20). The Hall–Kier alpha value is -1.55. The second-order valence-corrected chi connectivity index (χ2v) is 5.69. The van der Waals surface area contributed by atoms with Gasteiger partial charge in [-0.3, -0.25) is 9.69 Å². The van der Waals surface area contributed by atoms with Crippen molar-refractivity contribution in [2.75, 3.05) is 24.1 Å². The van der Waals surface area contributed by atoms with Crippen molar-refractivity contribution in [3.8, 4) is 0 Å². The fraction of sp³-hybridized carbons (Fsp3) is 0.562. The smallest absolute Gasteiger partial charge is 0.241 e. The lowest BCUT2D eigenvalue weighted by atomic mass is 10.2. The minimum atomic E-state index is -0.116. The van der Waals surface area contributed by atoms with Gasteiger partial charge in [0.25, 0.3) is 0 Å². The van der Waals surface area contributed by atoms with E-state index in [2.05, 4.69) is 17.1 Å². The molecule has 1 fully saturated rings. The molecule has 1 unspecified atom stereocenters. The second kappa shape index (κ2) is 6.75. The highest BCUT2D eigenvalue weighted by Gasteiger charge is 2.28. The normalized spacial score (nSPS) is 16.1. The monoisotopic (exact) mass is 275 g/mol. The van der Waals surface area contributed by atoms with E-state index >= 15 is 0 Å². The van der Waals surface area contributed by atoms with E-state index in [9.17, 15) is 4.79 Å². The van der Waals surface area contributed by atoms with Crippen LogP contribution in [-0.4, -0.2) is 29.9 Å². The van der Waals surface area contributed by atoms with Crippen molar-refractivity contribution in [1.82, 2.24) is 4.90 Å². The predicted octanol–water partition coefficient (Wildman–Crippen LogP) is 2.72. The summed E-state index contributed by atoms with van der Waals surface area (Å²) >= 11 is 0. The zero-order valence-electron chi connectivity index (χ0n) is 12.4. The average Bonchev–Trinajstić information content (AvgIpc) is 3.24. The molecule has 0 heterocycles. The number of hydrogen-bond donors (Lipinski definition) is 2. The van der Waals surface area contributed by atoms with E-state index < -0.39 is 0 Å². The zero-order chi connectivity index (χ0) is 14.5. The molecule has 110 valence electrons. The Morgan fingerprint density at radius 2 is 2.15 bits per heavy atom. The van der Waals surface area contributed by atoms with Crippen LogP contribution in [0.3, 0.4) is 0 Å². The molecule has 3 N–H and O–H groups in total. The van der Waals surface area contributed by atoms with Crippen molar-refractivity contribution >= 4 is 17.3 Å². The fourth-order valence-corrected chi connectivity index (χ4v) is 2.38. The topological polar surface area (TPSA) is 58.4 Å². The van der Waals surface area contributed by atoms with E-state index in [1.54, 1.807) is 6.07 Å². The van der Waals surface area contributed by atoms with E-state index in [-0.39, 0.29) is 11.9 Å². The Bertz CT molecular complexity index is 457. The maximum Gasteiger partial charge on any atom is 0.241 e. The Morgan fingerprint density at radius 3 is 2.75 bits per heavy atom. The summed E-state index contributed by atoms with van der Waals surface area (Å²) in [6.45, 7) is 6.13. The minimum absolute atomic E-state index is 0.0250. The molecule has 1 aromatic rings. The SMILES string of the molecule is CCCN(CC1CC1)C(C)C(=O)Nc1ccccc1N. The number of amides is 1. The Labute approximate surface area is 121 Å². The van der Waals surface area contributed by atoms with Gasteiger partial charge in [0.2, 0.25) is 5.91 Å². The lowest BCUT2D eigenvalue weighted by Crippen LogP contribution is -2.43. The summed E-state index contributed by atoms with van der Waals surface area (Å²) < 4.78 is 0. The summed E-state index contributed by atoms with van der Waals surface area (Å²) in [6, 6.07) is 7.27. The van der Waals surface area contributed by atoms with Gasteiger partial charge < -0.3 is 11.1 Å². The van der Waals surface area contributed by atoms with E-state index in [1.165, 1.54) is 12.8 Å². The fourth-order valence-electron chi connectivity index (χ4n) is 2.38. The van der Waals surface area contributed by atoms with Gasteiger partial charge in [-0.25, -0.2) is 0 Å². The summed E-state index contributed by atoms with van der Waals surface area (Å²) in [6.07, 6.45) is 3.68. The van der Waals surface area contributed by atoms with Crippen LogP contribution < -0.4 is 11.1 Å². The highest BCUT2D eigenvalue weighted by atomic mass is 16.2. The Kier molecular flexibility index (Phi) is 5.01. The molecule has 0 aliphatic heterocycles. The van der Waals surface area contributed by atoms with Gasteiger partial charge in [0, 0.05) is 6.54 Å². The van der Waals surface area contributed by atoms with E-state index in [1.807, 2.05) is 25.1 Å². The Balaban J connectivity index is 1.96. The molecular formula is C16H25N3O. The number of para-hydroxylation sites is 2. The van der Waals surface area contributed by atoms with Crippen LogP contribution >= 0.6 is 0 Å². The molecule has 1 aliphatic rings. The van der Waals surface area contributed by atoms with E-state index in [0.29, 0.717) is 11.4 Å². The molecule has 0 aromatic heterocycles. The first-order chi connectivity index (χ1) is 9.61. The van der Waals surface area contributed by atoms with Gasteiger partial charge in [0.1, 0.15) is 0 Å². The molecule has 1 saturated carbocycles. The molecule has 1 aromatic carbocycles. The molecule has 4 nitrogen and oxygen atoms in total. The number of nitrogen functional groups attached to an aromatic ring is 1. The number of rotatable bonds is 7. The third kappa shape index (κ3) is 3.97. The summed E-state index contributed by atoms with van der Waals surface area (Å²) in [5.41, 5.74) is 7.18. The van der Waals surface area contributed by atoms with Crippen LogP contribution in [0.5, 0.6) is 0 Å². The maximum absolute atomic E-state index is 12.4. The number of nitrogens with one attached hydrogen (secondary N) is 1. The predicted molar refractivity (Wildman–Crippen MR) is 83.5 cm³/mol. The van der Waals surface area contributed by atoms with Crippen molar-refractivity contribution in [2.45, 2.75) is 39.2 Å². The molecule has 1 atom stereocenters. The summed E-state index contributed by atoms with van der Waals surface area (Å²) in [5.74, 6) is 0.815. The van der Waals surface area contributed by atoms with E-state index in [0.717, 1.165) is 25.4 Å². The first-order valence-electron chi connectivity index (χ1n) is 7.51. The third-order valence-corrected chi connectivity index (χ3v) is 3.85. The number of benzene rings is 1. The second-order valence-electron chi connectivity index (χ2n) is 5.69. The van der Waals surface area contributed by atoms with Crippen molar-refractivity contribution in [3.05, 3.63) is 24.3 Å². The van der Waals surface area contributed by atoms with Crippen LogP contribution in [0.15, 0.2) is 24.3 Å². The lowest BCUT2D eigenvalue weighted by Gasteiger charge is -2.28. The quantitative estimate of drug-likeness (QED) is 0.752. The van der Waals surface area contributed by atoms with E-state index in [4.69, 9.17) is 5.73 Å². The molecule has 1 amide bonds. The van der Waals surface area contributed by atoms with Gasteiger partial charge in [0.15, 0.2) is 0 Å². The summed E-state index contributed by atoms with van der Waals surface area (Å²) in [4.78, 5) is 14.7. The van der Waals surface area contributed by atoms with Crippen LogP contribution in [0.4, 0.5) is 11.4 Å². The minimum Gasteiger partial charge on any atom is -0.397 e. The number of hydrogen-bond acceptors (Lipinski definition) is 3. The molecule has 0 saturated heterocycles. The molecule has 2 rings (SSSR count). The van der Waals surface area contributed by atoms with Gasteiger partial charge in [-0.2, -0.15) is 0 Å².